The lowest BCUT2D eigenvalue weighted by Crippen LogP contribution is -2.46. The van der Waals surface area contributed by atoms with E-state index in [1.54, 1.807) is 19.2 Å². The van der Waals surface area contributed by atoms with Gasteiger partial charge in [-0.3, -0.25) is 4.90 Å². The summed E-state index contributed by atoms with van der Waals surface area (Å²) < 4.78 is 24.8. The summed E-state index contributed by atoms with van der Waals surface area (Å²) in [5.41, 5.74) is 5.19. The van der Waals surface area contributed by atoms with E-state index in [9.17, 15) is 4.39 Å². The second kappa shape index (κ2) is 9.31. The van der Waals surface area contributed by atoms with Crippen molar-refractivity contribution >= 4 is 28.6 Å². The zero-order valence-electron chi connectivity index (χ0n) is 19.4. The Kier molecular flexibility index (Phi) is 6.05. The molecular weight excluding hydrogens is 463 g/mol. The highest BCUT2D eigenvalue weighted by molar-refractivity contribution is 7.80. The molecule has 2 heterocycles. The number of methoxy groups -OCH3 is 1. The largest absolute Gasteiger partial charge is 0.497 e. The van der Waals surface area contributed by atoms with Crippen LogP contribution in [0, 0.1) is 12.7 Å². The molecule has 0 saturated heterocycles. The Hall–Kier alpha value is -4.04. The molecule has 6 nitrogen and oxygen atoms in total. The van der Waals surface area contributed by atoms with E-state index in [1.165, 1.54) is 12.1 Å². The standard InChI is InChI=1S/C27H23FN4O2S/c1-16-7-11-21(12-8-16)32-17(2)23(24(29-27(32)35)18-9-13-22(33-3)14-10-18)26-30-25(31-34-26)19-5-4-6-20(28)15-19/h4-15,24H,1-3H3,(H,29,35). The third-order valence-corrected chi connectivity index (χ3v) is 6.27. The van der Waals surface area contributed by atoms with Gasteiger partial charge in [-0.15, -0.1) is 0 Å². The number of nitrogens with zero attached hydrogens (tertiary/aromatic N) is 3. The van der Waals surface area contributed by atoms with E-state index in [0.717, 1.165) is 33.8 Å². The van der Waals surface area contributed by atoms with Gasteiger partial charge in [0.15, 0.2) is 5.11 Å². The van der Waals surface area contributed by atoms with Gasteiger partial charge in [0.1, 0.15) is 11.6 Å². The van der Waals surface area contributed by atoms with E-state index in [-0.39, 0.29) is 11.9 Å². The molecule has 1 aliphatic rings. The molecule has 0 amide bonds. The molecule has 0 spiro atoms. The highest BCUT2D eigenvalue weighted by Gasteiger charge is 2.34. The summed E-state index contributed by atoms with van der Waals surface area (Å²) in [6.45, 7) is 4.02. The molecule has 8 heteroatoms. The highest BCUT2D eigenvalue weighted by atomic mass is 32.1. The first-order valence-electron chi connectivity index (χ1n) is 11.1. The number of anilines is 1. The molecule has 1 N–H and O–H groups in total. The van der Waals surface area contributed by atoms with Crippen molar-refractivity contribution in [2.24, 2.45) is 0 Å². The van der Waals surface area contributed by atoms with Crippen LogP contribution in [0.25, 0.3) is 17.0 Å². The van der Waals surface area contributed by atoms with Crippen molar-refractivity contribution in [3.8, 4) is 17.1 Å². The number of hydrogen-bond donors (Lipinski definition) is 1. The minimum atomic E-state index is -0.365. The van der Waals surface area contributed by atoms with Gasteiger partial charge in [0.2, 0.25) is 5.82 Å². The lowest BCUT2D eigenvalue weighted by Gasteiger charge is -2.37. The van der Waals surface area contributed by atoms with Crippen LogP contribution in [0.3, 0.4) is 0 Å². The van der Waals surface area contributed by atoms with Gasteiger partial charge in [0.25, 0.3) is 5.89 Å². The van der Waals surface area contributed by atoms with E-state index < -0.39 is 0 Å². The molecule has 0 bridgehead atoms. The van der Waals surface area contributed by atoms with Crippen LogP contribution >= 0.6 is 12.2 Å². The van der Waals surface area contributed by atoms with Crippen molar-refractivity contribution in [3.05, 3.63) is 101 Å². The molecule has 0 saturated carbocycles. The quantitative estimate of drug-likeness (QED) is 0.344. The van der Waals surface area contributed by atoms with Crippen LogP contribution in [0.5, 0.6) is 5.75 Å². The summed E-state index contributed by atoms with van der Waals surface area (Å²) in [6, 6.07) is 21.6. The second-order valence-corrected chi connectivity index (χ2v) is 8.65. The van der Waals surface area contributed by atoms with Crippen LogP contribution in [0.2, 0.25) is 0 Å². The lowest BCUT2D eigenvalue weighted by molar-refractivity contribution is 0.404. The SMILES string of the molecule is COc1ccc(C2NC(=S)N(c3ccc(C)cc3)C(C)=C2c2nc(-c3cccc(F)c3)no2)cc1. The zero-order valence-corrected chi connectivity index (χ0v) is 20.3. The first-order valence-corrected chi connectivity index (χ1v) is 11.5. The number of nitrogens with one attached hydrogen (secondary N) is 1. The fourth-order valence-electron chi connectivity index (χ4n) is 4.15. The molecule has 1 aliphatic heterocycles. The minimum Gasteiger partial charge on any atom is -0.497 e. The number of allylic oxidation sites excluding steroid dienone is 1. The van der Waals surface area contributed by atoms with Gasteiger partial charge in [0, 0.05) is 16.9 Å². The van der Waals surface area contributed by atoms with Crippen LogP contribution in [-0.4, -0.2) is 22.4 Å². The Morgan fingerprint density at radius 1 is 1.03 bits per heavy atom. The lowest BCUT2D eigenvalue weighted by atomic mass is 9.94. The molecule has 1 atom stereocenters. The molecule has 5 rings (SSSR count). The summed E-state index contributed by atoms with van der Waals surface area (Å²) in [7, 11) is 1.63. The van der Waals surface area contributed by atoms with Gasteiger partial charge in [-0.05, 0) is 68.0 Å². The van der Waals surface area contributed by atoms with E-state index in [0.29, 0.717) is 22.4 Å². The first kappa shape index (κ1) is 22.7. The van der Waals surface area contributed by atoms with E-state index in [2.05, 4.69) is 15.5 Å². The third-order valence-electron chi connectivity index (χ3n) is 5.97. The molecule has 1 aromatic heterocycles. The summed E-state index contributed by atoms with van der Waals surface area (Å²) in [6.07, 6.45) is 0. The van der Waals surface area contributed by atoms with E-state index >= 15 is 0 Å². The van der Waals surface area contributed by atoms with Gasteiger partial charge in [-0.25, -0.2) is 4.39 Å². The molecule has 3 aromatic carbocycles. The monoisotopic (exact) mass is 486 g/mol. The zero-order chi connectivity index (χ0) is 24.5. The van der Waals surface area contributed by atoms with Crippen molar-refractivity contribution < 1.29 is 13.7 Å². The molecular formula is C27H23FN4O2S. The van der Waals surface area contributed by atoms with E-state index in [4.69, 9.17) is 21.5 Å². The first-order chi connectivity index (χ1) is 16.9. The number of aryl methyl sites for hydroxylation is 1. The smallest absolute Gasteiger partial charge is 0.258 e. The molecule has 35 heavy (non-hydrogen) atoms. The second-order valence-electron chi connectivity index (χ2n) is 8.26. The van der Waals surface area contributed by atoms with Crippen molar-refractivity contribution in [1.82, 2.24) is 15.5 Å². The molecule has 0 radical (unpaired) electrons. The summed E-state index contributed by atoms with van der Waals surface area (Å²) in [5, 5.41) is 8.13. The molecule has 0 fully saturated rings. The number of aromatic nitrogens is 2. The summed E-state index contributed by atoms with van der Waals surface area (Å²) in [4.78, 5) is 6.59. The number of halogens is 1. The van der Waals surface area contributed by atoms with Gasteiger partial charge < -0.3 is 14.6 Å². The number of rotatable bonds is 5. The number of benzene rings is 3. The fourth-order valence-corrected chi connectivity index (χ4v) is 4.51. The normalized spacial score (nSPS) is 15.8. The van der Waals surface area contributed by atoms with Gasteiger partial charge in [-0.2, -0.15) is 4.98 Å². The maximum absolute atomic E-state index is 13.8. The maximum atomic E-state index is 13.8. The molecule has 4 aromatic rings. The predicted octanol–water partition coefficient (Wildman–Crippen LogP) is 6.06. The Balaban J connectivity index is 1.64. The van der Waals surface area contributed by atoms with Crippen molar-refractivity contribution in [3.63, 3.8) is 0 Å². The highest BCUT2D eigenvalue weighted by Crippen LogP contribution is 2.39. The Labute approximate surface area is 208 Å². The molecule has 1 unspecified atom stereocenters. The minimum absolute atomic E-state index is 0.309. The van der Waals surface area contributed by atoms with Gasteiger partial charge >= 0.3 is 0 Å². The topological polar surface area (TPSA) is 63.4 Å². The average molecular weight is 487 g/mol. The van der Waals surface area contributed by atoms with E-state index in [1.807, 2.05) is 67.3 Å². The van der Waals surface area contributed by atoms with Crippen LogP contribution in [0.4, 0.5) is 10.1 Å². The van der Waals surface area contributed by atoms with Crippen molar-refractivity contribution in [1.29, 1.82) is 0 Å². The summed E-state index contributed by atoms with van der Waals surface area (Å²) >= 11 is 5.79. The summed E-state index contributed by atoms with van der Waals surface area (Å²) in [5.74, 6) is 1.02. The molecule has 0 aliphatic carbocycles. The number of thiocarbonyl (C=S) groups is 1. The van der Waals surface area contributed by atoms with Crippen LogP contribution < -0.4 is 15.0 Å². The Morgan fingerprint density at radius 3 is 2.46 bits per heavy atom. The number of ether oxygens (including phenoxy) is 1. The van der Waals surface area contributed by atoms with Crippen LogP contribution in [-0.2, 0) is 0 Å². The van der Waals surface area contributed by atoms with Crippen LogP contribution in [0.15, 0.2) is 83.0 Å². The van der Waals surface area contributed by atoms with Crippen LogP contribution in [0.1, 0.15) is 30.0 Å². The molecule has 176 valence electrons. The Bertz CT molecular complexity index is 1410. The van der Waals surface area contributed by atoms with Gasteiger partial charge in [0.05, 0.1) is 18.7 Å². The van der Waals surface area contributed by atoms with Crippen molar-refractivity contribution in [2.75, 3.05) is 12.0 Å². The van der Waals surface area contributed by atoms with Gasteiger partial charge in [-0.1, -0.05) is 47.1 Å². The fraction of sp³-hybridized carbons (Fsp3) is 0.148. The average Bonchev–Trinajstić information content (AvgIpc) is 3.35. The predicted molar refractivity (Wildman–Crippen MR) is 137 cm³/mol. The number of hydrogen-bond acceptors (Lipinski definition) is 5. The maximum Gasteiger partial charge on any atom is 0.258 e. The third kappa shape index (κ3) is 4.40. The Morgan fingerprint density at radius 2 is 1.77 bits per heavy atom. The van der Waals surface area contributed by atoms with Crippen molar-refractivity contribution in [2.45, 2.75) is 19.9 Å².